The number of Topliss-reactive ketones (excluding diaryl/α,β-unsaturated/α-hetero) is 1. The lowest BCUT2D eigenvalue weighted by Crippen LogP contribution is -2.36. The van der Waals surface area contributed by atoms with Crippen LogP contribution in [0.15, 0.2) is 12.1 Å². The lowest BCUT2D eigenvalue weighted by Gasteiger charge is -2.21. The fourth-order valence-corrected chi connectivity index (χ4v) is 2.28. The third-order valence-corrected chi connectivity index (χ3v) is 3.36. The SMILES string of the molecule is Cc1ccc(F)c(C(=O)C2(O)CCCC2)c1F. The van der Waals surface area contributed by atoms with Crippen LogP contribution >= 0.6 is 0 Å². The van der Waals surface area contributed by atoms with E-state index in [0.29, 0.717) is 12.8 Å². The van der Waals surface area contributed by atoms with Gasteiger partial charge in [0.25, 0.3) is 0 Å². The summed E-state index contributed by atoms with van der Waals surface area (Å²) in [6.07, 6.45) is 1.96. The van der Waals surface area contributed by atoms with E-state index >= 15 is 0 Å². The molecule has 0 aromatic heterocycles. The van der Waals surface area contributed by atoms with Crippen molar-refractivity contribution in [3.8, 4) is 0 Å². The molecule has 1 aliphatic rings. The first-order chi connectivity index (χ1) is 7.96. The monoisotopic (exact) mass is 240 g/mol. The topological polar surface area (TPSA) is 37.3 Å². The smallest absolute Gasteiger partial charge is 0.200 e. The standard InChI is InChI=1S/C13H14F2O2/c1-8-4-5-9(14)10(11(8)15)12(16)13(17)6-2-3-7-13/h4-5,17H,2-3,6-7H2,1H3. The van der Waals surface area contributed by atoms with E-state index in [1.54, 1.807) is 0 Å². The van der Waals surface area contributed by atoms with E-state index in [2.05, 4.69) is 0 Å². The summed E-state index contributed by atoms with van der Waals surface area (Å²) in [5.41, 5.74) is -1.99. The van der Waals surface area contributed by atoms with Crippen molar-refractivity contribution in [2.75, 3.05) is 0 Å². The van der Waals surface area contributed by atoms with Crippen molar-refractivity contribution in [3.63, 3.8) is 0 Å². The van der Waals surface area contributed by atoms with Crippen molar-refractivity contribution < 1.29 is 18.7 Å². The van der Waals surface area contributed by atoms with Crippen LogP contribution in [0, 0.1) is 18.6 Å². The molecule has 1 aromatic rings. The van der Waals surface area contributed by atoms with Crippen LogP contribution < -0.4 is 0 Å². The molecule has 1 N–H and O–H groups in total. The summed E-state index contributed by atoms with van der Waals surface area (Å²) in [5, 5.41) is 10.1. The highest BCUT2D eigenvalue weighted by atomic mass is 19.1. The molecule has 0 aliphatic heterocycles. The molecule has 1 saturated carbocycles. The quantitative estimate of drug-likeness (QED) is 0.807. The first kappa shape index (κ1) is 12.2. The van der Waals surface area contributed by atoms with E-state index in [4.69, 9.17) is 0 Å². The van der Waals surface area contributed by atoms with Crippen LogP contribution in [-0.4, -0.2) is 16.5 Å². The second kappa shape index (κ2) is 4.18. The highest BCUT2D eigenvalue weighted by molar-refractivity contribution is 6.03. The summed E-state index contributed by atoms with van der Waals surface area (Å²) in [7, 11) is 0. The molecule has 1 fully saturated rings. The number of benzene rings is 1. The van der Waals surface area contributed by atoms with Crippen molar-refractivity contribution in [1.29, 1.82) is 0 Å². The predicted molar refractivity (Wildman–Crippen MR) is 58.8 cm³/mol. The van der Waals surface area contributed by atoms with E-state index in [9.17, 15) is 18.7 Å². The van der Waals surface area contributed by atoms with Crippen LogP contribution in [0.5, 0.6) is 0 Å². The highest BCUT2D eigenvalue weighted by Crippen LogP contribution is 2.34. The molecular weight excluding hydrogens is 226 g/mol. The fraction of sp³-hybridized carbons (Fsp3) is 0.462. The summed E-state index contributed by atoms with van der Waals surface area (Å²) in [4.78, 5) is 12.0. The van der Waals surface area contributed by atoms with Gasteiger partial charge in [0, 0.05) is 0 Å². The zero-order chi connectivity index (χ0) is 12.6. The zero-order valence-electron chi connectivity index (χ0n) is 9.59. The Labute approximate surface area is 98.3 Å². The van der Waals surface area contributed by atoms with Crippen molar-refractivity contribution in [2.45, 2.75) is 38.2 Å². The average molecular weight is 240 g/mol. The van der Waals surface area contributed by atoms with Crippen molar-refractivity contribution in [2.24, 2.45) is 0 Å². The summed E-state index contributed by atoms with van der Waals surface area (Å²) in [6.45, 7) is 1.46. The van der Waals surface area contributed by atoms with Gasteiger partial charge in [0.05, 0.1) is 5.56 Å². The number of ketones is 1. The molecule has 0 atom stereocenters. The molecular formula is C13H14F2O2. The molecule has 2 rings (SSSR count). The number of aryl methyl sites for hydroxylation is 1. The molecule has 0 radical (unpaired) electrons. The van der Waals surface area contributed by atoms with Crippen molar-refractivity contribution in [3.05, 3.63) is 34.9 Å². The number of carbonyl (C=O) groups is 1. The van der Waals surface area contributed by atoms with Gasteiger partial charge in [0.1, 0.15) is 17.2 Å². The number of hydrogen-bond donors (Lipinski definition) is 1. The molecule has 2 nitrogen and oxygen atoms in total. The molecule has 92 valence electrons. The van der Waals surface area contributed by atoms with Crippen LogP contribution in [0.2, 0.25) is 0 Å². The Hall–Kier alpha value is -1.29. The van der Waals surface area contributed by atoms with Gasteiger partial charge in [-0.2, -0.15) is 0 Å². The molecule has 0 heterocycles. The number of halogens is 2. The van der Waals surface area contributed by atoms with Gasteiger partial charge >= 0.3 is 0 Å². The third-order valence-electron chi connectivity index (χ3n) is 3.36. The molecule has 1 aliphatic carbocycles. The lowest BCUT2D eigenvalue weighted by molar-refractivity contribution is 0.0344. The minimum Gasteiger partial charge on any atom is -0.382 e. The Kier molecular flexibility index (Phi) is 3.00. The highest BCUT2D eigenvalue weighted by Gasteiger charge is 2.41. The molecule has 0 bridgehead atoms. The van der Waals surface area contributed by atoms with Crippen LogP contribution in [0.25, 0.3) is 0 Å². The predicted octanol–water partition coefficient (Wildman–Crippen LogP) is 2.76. The Morgan fingerprint density at radius 2 is 1.88 bits per heavy atom. The van der Waals surface area contributed by atoms with Gasteiger partial charge in [-0.25, -0.2) is 8.78 Å². The van der Waals surface area contributed by atoms with E-state index in [1.807, 2.05) is 0 Å². The number of carbonyl (C=O) groups excluding carboxylic acids is 1. The molecule has 0 amide bonds. The number of rotatable bonds is 2. The summed E-state index contributed by atoms with van der Waals surface area (Å²) in [6, 6.07) is 2.34. The van der Waals surface area contributed by atoms with Gasteiger partial charge in [-0.1, -0.05) is 6.07 Å². The molecule has 4 heteroatoms. The minimum atomic E-state index is -1.59. The summed E-state index contributed by atoms with van der Waals surface area (Å²) >= 11 is 0. The fourth-order valence-electron chi connectivity index (χ4n) is 2.28. The Morgan fingerprint density at radius 1 is 1.29 bits per heavy atom. The van der Waals surface area contributed by atoms with Gasteiger partial charge in [-0.15, -0.1) is 0 Å². The van der Waals surface area contributed by atoms with Gasteiger partial charge < -0.3 is 5.11 Å². The van der Waals surface area contributed by atoms with Crippen molar-refractivity contribution >= 4 is 5.78 Å². The summed E-state index contributed by atoms with van der Waals surface area (Å²) in [5.74, 6) is -2.59. The largest absolute Gasteiger partial charge is 0.382 e. The molecule has 0 unspecified atom stereocenters. The molecule has 1 aromatic carbocycles. The average Bonchev–Trinajstić information content (AvgIpc) is 2.72. The maximum Gasteiger partial charge on any atom is 0.200 e. The van der Waals surface area contributed by atoms with Crippen LogP contribution in [0.3, 0.4) is 0 Å². The number of hydrogen-bond acceptors (Lipinski definition) is 2. The van der Waals surface area contributed by atoms with E-state index in [1.165, 1.54) is 13.0 Å². The Bertz CT molecular complexity index is 463. The second-order valence-corrected chi connectivity index (χ2v) is 4.62. The van der Waals surface area contributed by atoms with Gasteiger partial charge in [0.2, 0.25) is 0 Å². The van der Waals surface area contributed by atoms with E-state index in [0.717, 1.165) is 6.07 Å². The lowest BCUT2D eigenvalue weighted by atomic mass is 9.90. The normalized spacial score (nSPS) is 18.4. The first-order valence-corrected chi connectivity index (χ1v) is 5.67. The maximum absolute atomic E-state index is 13.8. The molecule has 0 spiro atoms. The second-order valence-electron chi connectivity index (χ2n) is 4.62. The van der Waals surface area contributed by atoms with E-state index < -0.39 is 28.6 Å². The number of aliphatic hydroxyl groups is 1. The minimum absolute atomic E-state index is 0.205. The van der Waals surface area contributed by atoms with Gasteiger partial charge in [-0.05, 0) is 44.2 Å². The van der Waals surface area contributed by atoms with Crippen LogP contribution in [0.4, 0.5) is 8.78 Å². The van der Waals surface area contributed by atoms with Crippen molar-refractivity contribution in [1.82, 2.24) is 0 Å². The Morgan fingerprint density at radius 3 is 2.47 bits per heavy atom. The maximum atomic E-state index is 13.8. The third kappa shape index (κ3) is 1.97. The first-order valence-electron chi connectivity index (χ1n) is 5.67. The van der Waals surface area contributed by atoms with Crippen LogP contribution in [0.1, 0.15) is 41.6 Å². The zero-order valence-corrected chi connectivity index (χ0v) is 9.59. The van der Waals surface area contributed by atoms with Crippen LogP contribution in [-0.2, 0) is 0 Å². The molecule has 17 heavy (non-hydrogen) atoms. The summed E-state index contributed by atoms with van der Waals surface area (Å²) < 4.78 is 27.3. The van der Waals surface area contributed by atoms with Gasteiger partial charge in [0.15, 0.2) is 5.78 Å². The van der Waals surface area contributed by atoms with E-state index in [-0.39, 0.29) is 18.4 Å². The Balaban J connectivity index is 2.47. The molecule has 0 saturated heterocycles. The van der Waals surface area contributed by atoms with Gasteiger partial charge in [-0.3, -0.25) is 4.79 Å².